The number of carbonyl (C=O) groups is 1. The van der Waals surface area contributed by atoms with Gasteiger partial charge in [0.1, 0.15) is 12.0 Å². The summed E-state index contributed by atoms with van der Waals surface area (Å²) in [5.74, 6) is -0.240. The third-order valence-corrected chi connectivity index (χ3v) is 3.07. The molecule has 1 aromatic heterocycles. The normalized spacial score (nSPS) is 17.5. The molecule has 1 aromatic rings. The predicted octanol–water partition coefficient (Wildman–Crippen LogP) is 2.40. The van der Waals surface area contributed by atoms with Crippen molar-refractivity contribution < 1.29 is 14.3 Å². The average Bonchev–Trinajstić information content (AvgIpc) is 2.76. The fourth-order valence-electron chi connectivity index (χ4n) is 2.14. The standard InChI is InChI=1S/C12H17NO3/c14-12(15)9-6-11(16-8-9)7-13-10-4-2-1-3-5-10/h6,8,10,13H,1-5,7H2,(H,14,15). The third-order valence-electron chi connectivity index (χ3n) is 3.07. The zero-order chi connectivity index (χ0) is 11.4. The van der Waals surface area contributed by atoms with Crippen molar-refractivity contribution in [2.24, 2.45) is 0 Å². The number of aromatic carboxylic acids is 1. The number of nitrogens with one attached hydrogen (secondary N) is 1. The van der Waals surface area contributed by atoms with Gasteiger partial charge in [0, 0.05) is 6.04 Å². The van der Waals surface area contributed by atoms with E-state index in [1.165, 1.54) is 38.4 Å². The van der Waals surface area contributed by atoms with Crippen LogP contribution in [0.4, 0.5) is 0 Å². The summed E-state index contributed by atoms with van der Waals surface area (Å²) in [6.07, 6.45) is 7.63. The Labute approximate surface area is 94.6 Å². The molecule has 4 nitrogen and oxygen atoms in total. The summed E-state index contributed by atoms with van der Waals surface area (Å²) < 4.78 is 5.17. The van der Waals surface area contributed by atoms with E-state index in [-0.39, 0.29) is 5.56 Å². The van der Waals surface area contributed by atoms with Crippen molar-refractivity contribution in [1.29, 1.82) is 0 Å². The molecule has 4 heteroatoms. The Bertz CT molecular complexity index is 353. The highest BCUT2D eigenvalue weighted by molar-refractivity contribution is 5.87. The van der Waals surface area contributed by atoms with Crippen LogP contribution in [-0.2, 0) is 6.54 Å². The first kappa shape index (κ1) is 11.2. The Morgan fingerprint density at radius 2 is 2.19 bits per heavy atom. The Hall–Kier alpha value is -1.29. The van der Waals surface area contributed by atoms with Crippen LogP contribution in [0.5, 0.6) is 0 Å². The number of carboxylic acid groups (broad SMARTS) is 1. The van der Waals surface area contributed by atoms with Gasteiger partial charge in [-0.05, 0) is 18.9 Å². The maximum absolute atomic E-state index is 10.6. The molecule has 0 bridgehead atoms. The van der Waals surface area contributed by atoms with Crippen molar-refractivity contribution in [2.45, 2.75) is 44.7 Å². The minimum absolute atomic E-state index is 0.223. The van der Waals surface area contributed by atoms with Crippen molar-refractivity contribution in [1.82, 2.24) is 5.32 Å². The smallest absolute Gasteiger partial charge is 0.338 e. The first-order valence-electron chi connectivity index (χ1n) is 5.80. The number of furan rings is 1. The molecule has 0 saturated heterocycles. The van der Waals surface area contributed by atoms with Crippen molar-refractivity contribution in [3.63, 3.8) is 0 Å². The van der Waals surface area contributed by atoms with E-state index in [2.05, 4.69) is 5.32 Å². The van der Waals surface area contributed by atoms with Gasteiger partial charge in [0.25, 0.3) is 0 Å². The molecule has 0 unspecified atom stereocenters. The van der Waals surface area contributed by atoms with Gasteiger partial charge in [-0.15, -0.1) is 0 Å². The molecular weight excluding hydrogens is 206 g/mol. The van der Waals surface area contributed by atoms with Gasteiger partial charge in [-0.2, -0.15) is 0 Å². The van der Waals surface area contributed by atoms with Crippen LogP contribution in [0.1, 0.15) is 48.2 Å². The predicted molar refractivity (Wildman–Crippen MR) is 59.4 cm³/mol. The minimum Gasteiger partial charge on any atom is -0.478 e. The largest absolute Gasteiger partial charge is 0.478 e. The van der Waals surface area contributed by atoms with Gasteiger partial charge >= 0.3 is 5.97 Å². The number of rotatable bonds is 4. The van der Waals surface area contributed by atoms with Gasteiger partial charge in [0.05, 0.1) is 12.1 Å². The molecular formula is C12H17NO3. The SMILES string of the molecule is O=C(O)c1coc(CNC2CCCCC2)c1. The van der Waals surface area contributed by atoms with Crippen LogP contribution in [0.25, 0.3) is 0 Å². The topological polar surface area (TPSA) is 62.5 Å². The number of carboxylic acids is 1. The van der Waals surface area contributed by atoms with Crippen LogP contribution in [0.3, 0.4) is 0 Å². The molecule has 0 radical (unpaired) electrons. The molecule has 2 rings (SSSR count). The highest BCUT2D eigenvalue weighted by Crippen LogP contribution is 2.18. The zero-order valence-corrected chi connectivity index (χ0v) is 9.24. The van der Waals surface area contributed by atoms with Crippen molar-refractivity contribution >= 4 is 5.97 Å². The van der Waals surface area contributed by atoms with Crippen LogP contribution in [0.2, 0.25) is 0 Å². The number of hydrogen-bond acceptors (Lipinski definition) is 3. The first-order valence-corrected chi connectivity index (χ1v) is 5.80. The van der Waals surface area contributed by atoms with Gasteiger partial charge in [-0.1, -0.05) is 19.3 Å². The van der Waals surface area contributed by atoms with Crippen molar-refractivity contribution in [3.8, 4) is 0 Å². The lowest BCUT2D eigenvalue weighted by atomic mass is 9.95. The molecule has 1 heterocycles. The lowest BCUT2D eigenvalue weighted by molar-refractivity contribution is 0.0696. The van der Waals surface area contributed by atoms with E-state index in [9.17, 15) is 4.79 Å². The summed E-state index contributed by atoms with van der Waals surface area (Å²) in [5, 5.41) is 12.1. The molecule has 2 N–H and O–H groups in total. The molecule has 0 amide bonds. The molecule has 16 heavy (non-hydrogen) atoms. The van der Waals surface area contributed by atoms with E-state index in [0.29, 0.717) is 18.3 Å². The van der Waals surface area contributed by atoms with Crippen molar-refractivity contribution in [2.75, 3.05) is 0 Å². The van der Waals surface area contributed by atoms with Gasteiger partial charge in [-0.3, -0.25) is 0 Å². The highest BCUT2D eigenvalue weighted by Gasteiger charge is 2.14. The maximum atomic E-state index is 10.6. The summed E-state index contributed by atoms with van der Waals surface area (Å²) >= 11 is 0. The van der Waals surface area contributed by atoms with Gasteiger partial charge in [-0.25, -0.2) is 4.79 Å². The second-order valence-electron chi connectivity index (χ2n) is 4.32. The van der Waals surface area contributed by atoms with E-state index >= 15 is 0 Å². The van der Waals surface area contributed by atoms with E-state index in [0.717, 1.165) is 0 Å². The summed E-state index contributed by atoms with van der Waals surface area (Å²) in [5.41, 5.74) is 0.223. The summed E-state index contributed by atoms with van der Waals surface area (Å²) in [6, 6.07) is 2.14. The quantitative estimate of drug-likeness (QED) is 0.822. The van der Waals surface area contributed by atoms with Crippen LogP contribution < -0.4 is 5.32 Å². The lowest BCUT2D eigenvalue weighted by Gasteiger charge is -2.22. The maximum Gasteiger partial charge on any atom is 0.338 e. The fourth-order valence-corrected chi connectivity index (χ4v) is 2.14. The minimum atomic E-state index is -0.937. The Balaban J connectivity index is 1.81. The molecule has 0 spiro atoms. The van der Waals surface area contributed by atoms with Crippen LogP contribution in [0.15, 0.2) is 16.7 Å². The molecule has 1 aliphatic rings. The molecule has 0 aliphatic heterocycles. The molecule has 0 aromatic carbocycles. The Morgan fingerprint density at radius 1 is 1.44 bits per heavy atom. The third kappa shape index (κ3) is 2.85. The monoisotopic (exact) mass is 223 g/mol. The average molecular weight is 223 g/mol. The first-order chi connectivity index (χ1) is 7.75. The van der Waals surface area contributed by atoms with E-state index in [1.54, 1.807) is 6.07 Å². The van der Waals surface area contributed by atoms with Crippen LogP contribution >= 0.6 is 0 Å². The second-order valence-corrected chi connectivity index (χ2v) is 4.32. The fraction of sp³-hybridized carbons (Fsp3) is 0.583. The summed E-state index contributed by atoms with van der Waals surface area (Å²) in [7, 11) is 0. The van der Waals surface area contributed by atoms with E-state index in [4.69, 9.17) is 9.52 Å². The lowest BCUT2D eigenvalue weighted by Crippen LogP contribution is -2.30. The highest BCUT2D eigenvalue weighted by atomic mass is 16.4. The van der Waals surface area contributed by atoms with Crippen molar-refractivity contribution in [3.05, 3.63) is 23.7 Å². The number of hydrogen-bond donors (Lipinski definition) is 2. The molecule has 1 saturated carbocycles. The summed E-state index contributed by atoms with van der Waals surface area (Å²) in [6.45, 7) is 0.623. The molecule has 1 aliphatic carbocycles. The molecule has 0 atom stereocenters. The summed E-state index contributed by atoms with van der Waals surface area (Å²) in [4.78, 5) is 10.6. The Morgan fingerprint density at radius 3 is 2.81 bits per heavy atom. The second kappa shape index (κ2) is 5.16. The zero-order valence-electron chi connectivity index (χ0n) is 9.24. The molecule has 1 fully saturated rings. The van der Waals surface area contributed by atoms with E-state index in [1.807, 2.05) is 0 Å². The van der Waals surface area contributed by atoms with Crippen LogP contribution in [0, 0.1) is 0 Å². The van der Waals surface area contributed by atoms with Gasteiger partial charge in [0.2, 0.25) is 0 Å². The van der Waals surface area contributed by atoms with Gasteiger partial charge < -0.3 is 14.8 Å². The van der Waals surface area contributed by atoms with Crippen LogP contribution in [-0.4, -0.2) is 17.1 Å². The Kier molecular flexibility index (Phi) is 3.62. The molecule has 88 valence electrons. The van der Waals surface area contributed by atoms with Gasteiger partial charge in [0.15, 0.2) is 0 Å². The van der Waals surface area contributed by atoms with E-state index < -0.39 is 5.97 Å².